The van der Waals surface area contributed by atoms with E-state index in [1.54, 1.807) is 0 Å². The molecule has 0 unspecified atom stereocenters. The molecule has 5 heteroatoms. The Hall–Kier alpha value is -1.58. The summed E-state index contributed by atoms with van der Waals surface area (Å²) in [5.41, 5.74) is 0. The van der Waals surface area contributed by atoms with E-state index >= 15 is 0 Å². The van der Waals surface area contributed by atoms with Gasteiger partial charge in [-0.05, 0) is 12.1 Å². The van der Waals surface area contributed by atoms with E-state index in [1.807, 2.05) is 121 Å². The standard InChI is InChI=1S/4C6H6S.Al/c4*7-6-4-2-1-3-5-6;/h4*1-5,7H;/q;;;;+3/p-3. The normalized spacial score (nSPS) is 8.31. The molecule has 0 atom stereocenters. The van der Waals surface area contributed by atoms with Crippen molar-refractivity contribution in [2.24, 2.45) is 0 Å². The van der Waals surface area contributed by atoms with Crippen molar-refractivity contribution in [1.82, 2.24) is 0 Å². The van der Waals surface area contributed by atoms with Gasteiger partial charge in [-0.15, -0.1) is 12.6 Å². The Bertz CT molecular complexity index is 693. The third-order valence-electron chi connectivity index (χ3n) is 2.99. The van der Waals surface area contributed by atoms with Crippen LogP contribution in [-0.2, 0) is 37.9 Å². The third-order valence-corrected chi connectivity index (χ3v) is 4.10. The largest absolute Gasteiger partial charge is 3.00 e. The number of benzene rings is 4. The Balaban J connectivity index is 0.000000356. The van der Waals surface area contributed by atoms with Crippen LogP contribution in [0.2, 0.25) is 0 Å². The summed E-state index contributed by atoms with van der Waals surface area (Å²) in [6.07, 6.45) is 0. The predicted molar refractivity (Wildman–Crippen MR) is 136 cm³/mol. The fourth-order valence-corrected chi connectivity index (χ4v) is 2.33. The fraction of sp³-hybridized carbons (Fsp3) is 0. The maximum Gasteiger partial charge on any atom is 3.00 e. The maximum absolute atomic E-state index is 4.81. The molecule has 0 bridgehead atoms. The monoisotopic (exact) mass is 464 g/mol. The van der Waals surface area contributed by atoms with Gasteiger partial charge in [-0.1, -0.05) is 109 Å². The number of rotatable bonds is 0. The average Bonchev–Trinajstić information content (AvgIpc) is 2.72. The van der Waals surface area contributed by atoms with Gasteiger partial charge in [0.05, 0.1) is 0 Å². The van der Waals surface area contributed by atoms with E-state index in [1.165, 1.54) is 0 Å². The van der Waals surface area contributed by atoms with Crippen LogP contribution in [0.4, 0.5) is 0 Å². The van der Waals surface area contributed by atoms with Gasteiger partial charge >= 0.3 is 17.4 Å². The molecule has 0 fully saturated rings. The van der Waals surface area contributed by atoms with Crippen molar-refractivity contribution in [3.63, 3.8) is 0 Å². The molecule has 0 aliphatic heterocycles. The molecule has 0 saturated heterocycles. The van der Waals surface area contributed by atoms with Gasteiger partial charge in [-0.25, -0.2) is 0 Å². The Labute approximate surface area is 207 Å². The molecule has 0 nitrogen and oxygen atoms in total. The van der Waals surface area contributed by atoms with Gasteiger partial charge in [0.2, 0.25) is 0 Å². The number of thiol groups is 1. The summed E-state index contributed by atoms with van der Waals surface area (Å²) in [5, 5.41) is 0. The molecule has 0 aliphatic rings. The molecule has 4 aromatic carbocycles. The van der Waals surface area contributed by atoms with E-state index in [0.717, 1.165) is 19.6 Å². The van der Waals surface area contributed by atoms with E-state index in [-0.39, 0.29) is 17.4 Å². The first-order valence-electron chi connectivity index (χ1n) is 8.48. The Morgan fingerprint density at radius 2 is 0.586 bits per heavy atom. The summed E-state index contributed by atoms with van der Waals surface area (Å²) < 4.78 is 0. The Morgan fingerprint density at radius 1 is 0.379 bits per heavy atom. The van der Waals surface area contributed by atoms with E-state index in [0.29, 0.717) is 0 Å². The van der Waals surface area contributed by atoms with Gasteiger partial charge in [0.15, 0.2) is 0 Å². The number of hydrogen-bond donors (Lipinski definition) is 1. The molecule has 0 saturated carbocycles. The summed E-state index contributed by atoms with van der Waals surface area (Å²) in [7, 11) is 0. The van der Waals surface area contributed by atoms with Crippen LogP contribution in [0.3, 0.4) is 0 Å². The molecule has 0 aromatic heterocycles. The zero-order valence-corrected chi connectivity index (χ0v) is 20.3. The molecule has 0 heterocycles. The first-order chi connectivity index (χ1) is 13.6. The first kappa shape index (κ1) is 27.4. The SMILES string of the molecule is Sc1ccccc1.[Al+3].[S-]c1ccccc1.[S-]c1ccccc1.[S-]c1ccccc1. The molecule has 4 aromatic rings. The minimum atomic E-state index is 0. The van der Waals surface area contributed by atoms with E-state index in [4.69, 9.17) is 37.9 Å². The molecular weight excluding hydrogens is 444 g/mol. The van der Waals surface area contributed by atoms with Gasteiger partial charge in [0, 0.05) is 4.90 Å². The van der Waals surface area contributed by atoms with E-state index in [9.17, 15) is 0 Å². The van der Waals surface area contributed by atoms with Crippen molar-refractivity contribution in [3.8, 4) is 0 Å². The zero-order chi connectivity index (χ0) is 20.5. The average molecular weight is 465 g/mol. The maximum atomic E-state index is 4.81. The molecule has 0 amide bonds. The van der Waals surface area contributed by atoms with Gasteiger partial charge < -0.3 is 37.9 Å². The van der Waals surface area contributed by atoms with Crippen molar-refractivity contribution in [3.05, 3.63) is 121 Å². The van der Waals surface area contributed by atoms with Crippen LogP contribution in [-0.4, -0.2) is 17.4 Å². The predicted octanol–water partition coefficient (Wildman–Crippen LogP) is 6.37. The first-order valence-corrected chi connectivity index (χ1v) is 10.2. The number of hydrogen-bond acceptors (Lipinski definition) is 4. The van der Waals surface area contributed by atoms with Gasteiger partial charge in [0.25, 0.3) is 0 Å². The molecule has 29 heavy (non-hydrogen) atoms. The summed E-state index contributed by atoms with van der Waals surface area (Å²) in [4.78, 5) is 3.73. The zero-order valence-electron chi connectivity index (χ0n) is 15.8. The quantitative estimate of drug-likeness (QED) is 0.182. The molecular formula is C24H21AlS4. The molecule has 0 spiro atoms. The van der Waals surface area contributed by atoms with Crippen LogP contribution in [0.25, 0.3) is 0 Å². The Morgan fingerprint density at radius 3 is 0.690 bits per heavy atom. The minimum absolute atomic E-state index is 0. The van der Waals surface area contributed by atoms with Crippen LogP contribution >= 0.6 is 12.6 Å². The molecule has 4 rings (SSSR count). The molecule has 0 radical (unpaired) electrons. The van der Waals surface area contributed by atoms with Crippen LogP contribution in [0.5, 0.6) is 0 Å². The van der Waals surface area contributed by atoms with Crippen molar-refractivity contribution < 1.29 is 0 Å². The summed E-state index contributed by atoms with van der Waals surface area (Å²) in [6, 6.07) is 38.6. The van der Waals surface area contributed by atoms with Crippen molar-refractivity contribution >= 4 is 67.9 Å². The summed E-state index contributed by atoms with van der Waals surface area (Å²) in [6.45, 7) is 0. The van der Waals surface area contributed by atoms with Crippen molar-refractivity contribution in [2.75, 3.05) is 0 Å². The second kappa shape index (κ2) is 18.5. The van der Waals surface area contributed by atoms with Crippen LogP contribution < -0.4 is 0 Å². The molecule has 0 N–H and O–H groups in total. The Kier molecular flexibility index (Phi) is 17.4. The van der Waals surface area contributed by atoms with Crippen LogP contribution in [0, 0.1) is 0 Å². The van der Waals surface area contributed by atoms with Crippen molar-refractivity contribution in [2.45, 2.75) is 19.6 Å². The van der Waals surface area contributed by atoms with Crippen LogP contribution in [0.1, 0.15) is 0 Å². The van der Waals surface area contributed by atoms with Crippen LogP contribution in [0.15, 0.2) is 141 Å². The summed E-state index contributed by atoms with van der Waals surface area (Å²) in [5.74, 6) is 0. The van der Waals surface area contributed by atoms with Gasteiger partial charge in [0.1, 0.15) is 0 Å². The summed E-state index contributed by atoms with van der Waals surface area (Å²) >= 11 is 18.5. The molecule has 144 valence electrons. The topological polar surface area (TPSA) is 0 Å². The fourth-order valence-electron chi connectivity index (χ4n) is 1.69. The van der Waals surface area contributed by atoms with E-state index in [2.05, 4.69) is 12.6 Å². The second-order valence-corrected chi connectivity index (χ2v) is 7.21. The smallest absolute Gasteiger partial charge is 0.780 e. The third kappa shape index (κ3) is 17.0. The minimum Gasteiger partial charge on any atom is -0.780 e. The van der Waals surface area contributed by atoms with Gasteiger partial charge in [-0.2, -0.15) is 14.7 Å². The van der Waals surface area contributed by atoms with Gasteiger partial charge in [-0.3, -0.25) is 0 Å². The second-order valence-electron chi connectivity index (χ2n) is 5.27. The van der Waals surface area contributed by atoms with E-state index < -0.39 is 0 Å². The molecule has 0 aliphatic carbocycles. The van der Waals surface area contributed by atoms with Crippen molar-refractivity contribution in [1.29, 1.82) is 0 Å².